The zero-order valence-electron chi connectivity index (χ0n) is 18.1. The SMILES string of the molecule is CN1C(=O)c2cc(C(=O)NNC(=O)OC(C)(C)C)cnc2CC1(C)c1ccc(F)cc1. The molecule has 1 aliphatic heterocycles. The molecule has 0 radical (unpaired) electrons. The lowest BCUT2D eigenvalue weighted by molar-refractivity contribution is 0.0481. The van der Waals surface area contributed by atoms with E-state index in [-0.39, 0.29) is 17.3 Å². The van der Waals surface area contributed by atoms with Crippen molar-refractivity contribution in [3.05, 3.63) is 64.7 Å². The number of benzene rings is 1. The normalized spacial score (nSPS) is 18.3. The van der Waals surface area contributed by atoms with Crippen molar-refractivity contribution < 1.29 is 23.5 Å². The van der Waals surface area contributed by atoms with Crippen molar-refractivity contribution in [3.8, 4) is 0 Å². The molecule has 1 aromatic carbocycles. The summed E-state index contributed by atoms with van der Waals surface area (Å²) >= 11 is 0. The van der Waals surface area contributed by atoms with E-state index < -0.39 is 23.1 Å². The molecular formula is C22H25FN4O4. The third kappa shape index (κ3) is 4.65. The summed E-state index contributed by atoms with van der Waals surface area (Å²) in [6.07, 6.45) is 0.931. The average molecular weight is 428 g/mol. The van der Waals surface area contributed by atoms with Crippen molar-refractivity contribution in [1.29, 1.82) is 0 Å². The van der Waals surface area contributed by atoms with Crippen molar-refractivity contribution in [2.45, 2.75) is 45.3 Å². The number of amides is 3. The third-order valence-electron chi connectivity index (χ3n) is 5.16. The summed E-state index contributed by atoms with van der Waals surface area (Å²) in [5.74, 6) is -1.30. The predicted octanol–water partition coefficient (Wildman–Crippen LogP) is 2.93. The second kappa shape index (κ2) is 7.98. The number of aromatic nitrogens is 1. The van der Waals surface area contributed by atoms with Crippen molar-refractivity contribution in [2.24, 2.45) is 0 Å². The van der Waals surface area contributed by atoms with Gasteiger partial charge in [0.1, 0.15) is 11.4 Å². The monoisotopic (exact) mass is 428 g/mol. The Morgan fingerprint density at radius 1 is 1.19 bits per heavy atom. The van der Waals surface area contributed by atoms with Gasteiger partial charge in [-0.15, -0.1) is 0 Å². The van der Waals surface area contributed by atoms with Gasteiger partial charge in [-0.05, 0) is 51.5 Å². The summed E-state index contributed by atoms with van der Waals surface area (Å²) in [5.41, 5.74) is 4.70. The van der Waals surface area contributed by atoms with Gasteiger partial charge in [0, 0.05) is 19.7 Å². The summed E-state index contributed by atoms with van der Waals surface area (Å²) in [7, 11) is 1.66. The van der Waals surface area contributed by atoms with E-state index in [2.05, 4.69) is 15.8 Å². The number of carbonyl (C=O) groups excluding carboxylic acids is 3. The van der Waals surface area contributed by atoms with Gasteiger partial charge in [0.05, 0.1) is 22.4 Å². The number of hydrazine groups is 1. The molecule has 2 N–H and O–H groups in total. The van der Waals surface area contributed by atoms with E-state index in [4.69, 9.17) is 4.74 Å². The zero-order valence-corrected chi connectivity index (χ0v) is 18.1. The molecular weight excluding hydrogens is 403 g/mol. The largest absolute Gasteiger partial charge is 0.443 e. The molecule has 1 aliphatic rings. The van der Waals surface area contributed by atoms with Crippen LogP contribution in [0.5, 0.6) is 0 Å². The Balaban J connectivity index is 1.80. The van der Waals surface area contributed by atoms with Crippen LogP contribution in [-0.2, 0) is 16.7 Å². The highest BCUT2D eigenvalue weighted by molar-refractivity contribution is 6.01. The molecule has 2 aromatic rings. The Labute approximate surface area is 179 Å². The van der Waals surface area contributed by atoms with Crippen molar-refractivity contribution in [2.75, 3.05) is 7.05 Å². The highest BCUT2D eigenvalue weighted by Gasteiger charge is 2.41. The first-order valence-corrected chi connectivity index (χ1v) is 9.73. The summed E-state index contributed by atoms with van der Waals surface area (Å²) in [4.78, 5) is 43.0. The summed E-state index contributed by atoms with van der Waals surface area (Å²) in [6, 6.07) is 7.44. The van der Waals surface area contributed by atoms with Gasteiger partial charge in [0.15, 0.2) is 0 Å². The topological polar surface area (TPSA) is 101 Å². The number of carbonyl (C=O) groups is 3. The number of nitrogens with zero attached hydrogens (tertiary/aromatic N) is 2. The van der Waals surface area contributed by atoms with E-state index in [0.717, 1.165) is 5.56 Å². The molecule has 31 heavy (non-hydrogen) atoms. The van der Waals surface area contributed by atoms with E-state index in [9.17, 15) is 18.8 Å². The van der Waals surface area contributed by atoms with Crippen LogP contribution in [-0.4, -0.2) is 40.4 Å². The van der Waals surface area contributed by atoms with Crippen LogP contribution in [0.1, 0.15) is 59.7 Å². The summed E-state index contributed by atoms with van der Waals surface area (Å²) in [5, 5.41) is 0. The van der Waals surface area contributed by atoms with Crippen molar-refractivity contribution in [3.63, 3.8) is 0 Å². The Hall–Kier alpha value is -3.49. The molecule has 9 heteroatoms. The molecule has 2 heterocycles. The van der Waals surface area contributed by atoms with Crippen LogP contribution in [0.15, 0.2) is 36.5 Å². The Bertz CT molecular complexity index is 1030. The fraction of sp³-hybridized carbons (Fsp3) is 0.364. The highest BCUT2D eigenvalue weighted by Crippen LogP contribution is 2.37. The minimum atomic E-state index is -0.808. The molecule has 1 aromatic heterocycles. The fourth-order valence-corrected chi connectivity index (χ4v) is 3.38. The first-order valence-electron chi connectivity index (χ1n) is 9.73. The van der Waals surface area contributed by atoms with E-state index in [1.807, 2.05) is 6.92 Å². The van der Waals surface area contributed by atoms with Crippen LogP contribution in [0, 0.1) is 5.82 Å². The summed E-state index contributed by atoms with van der Waals surface area (Å²) in [6.45, 7) is 6.98. The van der Waals surface area contributed by atoms with Gasteiger partial charge in [-0.1, -0.05) is 12.1 Å². The molecule has 0 bridgehead atoms. The minimum absolute atomic E-state index is 0.113. The van der Waals surface area contributed by atoms with Gasteiger partial charge in [0.2, 0.25) is 0 Å². The molecule has 1 unspecified atom stereocenters. The van der Waals surface area contributed by atoms with E-state index in [0.29, 0.717) is 17.7 Å². The molecule has 1 atom stereocenters. The van der Waals surface area contributed by atoms with Crippen LogP contribution in [0.25, 0.3) is 0 Å². The molecule has 0 aliphatic carbocycles. The van der Waals surface area contributed by atoms with Gasteiger partial charge in [-0.3, -0.25) is 20.0 Å². The number of hydrogen-bond donors (Lipinski definition) is 2. The molecule has 3 amide bonds. The third-order valence-corrected chi connectivity index (χ3v) is 5.16. The lowest BCUT2D eigenvalue weighted by atomic mass is 9.81. The smallest absolute Gasteiger partial charge is 0.426 e. The van der Waals surface area contributed by atoms with Gasteiger partial charge in [-0.25, -0.2) is 14.6 Å². The number of ether oxygens (including phenoxy) is 1. The van der Waals surface area contributed by atoms with Crippen LogP contribution in [0.4, 0.5) is 9.18 Å². The van der Waals surface area contributed by atoms with E-state index in [1.165, 1.54) is 24.4 Å². The Kier molecular flexibility index (Phi) is 5.71. The molecule has 0 saturated carbocycles. The lowest BCUT2D eigenvalue weighted by Crippen LogP contribution is -2.50. The second-order valence-corrected chi connectivity index (χ2v) is 8.62. The van der Waals surface area contributed by atoms with Gasteiger partial charge in [0.25, 0.3) is 11.8 Å². The predicted molar refractivity (Wildman–Crippen MR) is 111 cm³/mol. The molecule has 0 spiro atoms. The van der Waals surface area contributed by atoms with Crippen LogP contribution >= 0.6 is 0 Å². The Morgan fingerprint density at radius 2 is 1.84 bits per heavy atom. The van der Waals surface area contributed by atoms with Crippen LogP contribution < -0.4 is 10.9 Å². The molecule has 0 fully saturated rings. The minimum Gasteiger partial charge on any atom is -0.443 e. The number of halogens is 1. The number of fused-ring (bicyclic) bond motifs is 1. The lowest BCUT2D eigenvalue weighted by Gasteiger charge is -2.43. The standard InChI is InChI=1S/C22H25FN4O4/c1-21(2,3)31-20(30)26-25-18(28)13-10-16-17(24-12-13)11-22(4,27(5)19(16)29)14-6-8-15(23)9-7-14/h6-10,12H,11H2,1-5H3,(H,25,28)(H,26,30). The van der Waals surface area contributed by atoms with Gasteiger partial charge < -0.3 is 9.64 Å². The highest BCUT2D eigenvalue weighted by atomic mass is 19.1. The number of pyridine rings is 1. The van der Waals surface area contributed by atoms with Crippen LogP contribution in [0.3, 0.4) is 0 Å². The van der Waals surface area contributed by atoms with Crippen LogP contribution in [0.2, 0.25) is 0 Å². The van der Waals surface area contributed by atoms with Gasteiger partial charge in [-0.2, -0.15) is 0 Å². The molecule has 0 saturated heterocycles. The maximum atomic E-state index is 13.3. The van der Waals surface area contributed by atoms with Crippen molar-refractivity contribution >= 4 is 17.9 Å². The molecule has 164 valence electrons. The number of hydrogen-bond acceptors (Lipinski definition) is 5. The second-order valence-electron chi connectivity index (χ2n) is 8.62. The number of rotatable bonds is 2. The first-order chi connectivity index (χ1) is 14.4. The summed E-state index contributed by atoms with van der Waals surface area (Å²) < 4.78 is 18.4. The van der Waals surface area contributed by atoms with Crippen molar-refractivity contribution in [1.82, 2.24) is 20.7 Å². The zero-order chi connectivity index (χ0) is 23.0. The number of nitrogens with one attached hydrogen (secondary N) is 2. The first kappa shape index (κ1) is 22.2. The maximum absolute atomic E-state index is 13.3. The van der Waals surface area contributed by atoms with E-state index in [1.54, 1.807) is 44.9 Å². The van der Waals surface area contributed by atoms with E-state index >= 15 is 0 Å². The quantitative estimate of drug-likeness (QED) is 0.717. The maximum Gasteiger partial charge on any atom is 0.426 e. The molecule has 3 rings (SSSR count). The van der Waals surface area contributed by atoms with Gasteiger partial charge >= 0.3 is 6.09 Å². The Morgan fingerprint density at radius 3 is 2.45 bits per heavy atom. The fourth-order valence-electron chi connectivity index (χ4n) is 3.38. The number of likely N-dealkylation sites (N-methyl/N-ethyl adjacent to an activating group) is 1. The average Bonchev–Trinajstić information content (AvgIpc) is 2.69. The molecule has 8 nitrogen and oxygen atoms in total.